The van der Waals surface area contributed by atoms with Gasteiger partial charge in [-0.15, -0.1) is 0 Å². The molecule has 0 amide bonds. The van der Waals surface area contributed by atoms with Gasteiger partial charge >= 0.3 is 0 Å². The molecule has 4 rings (SSSR count). The van der Waals surface area contributed by atoms with Crippen LogP contribution < -0.4 is 9.47 Å². The number of benzene rings is 1. The number of rotatable bonds is 4. The van der Waals surface area contributed by atoms with Crippen LogP contribution in [0.15, 0.2) is 12.1 Å². The summed E-state index contributed by atoms with van der Waals surface area (Å²) in [5.41, 5.74) is 2.67. The van der Waals surface area contributed by atoms with Crippen LogP contribution in [0.5, 0.6) is 11.5 Å². The number of piperidine rings is 1. The second-order valence-corrected chi connectivity index (χ2v) is 9.43. The van der Waals surface area contributed by atoms with Crippen LogP contribution in [0.1, 0.15) is 63.6 Å². The monoisotopic (exact) mass is 384 g/mol. The van der Waals surface area contributed by atoms with Crippen molar-refractivity contribution in [2.45, 2.75) is 76.7 Å². The SMILES string of the molecule is COc1cc2c(cc1OC1CC(C#N)C1)CCN1CC(OC(C)(C)C)CCC21. The Morgan fingerprint density at radius 2 is 1.89 bits per heavy atom. The number of fused-ring (bicyclic) bond motifs is 3. The maximum absolute atomic E-state index is 8.98. The molecule has 2 heterocycles. The van der Waals surface area contributed by atoms with E-state index in [1.807, 2.05) is 0 Å². The topological polar surface area (TPSA) is 54.7 Å². The van der Waals surface area contributed by atoms with Crippen LogP contribution in [0.2, 0.25) is 0 Å². The Balaban J connectivity index is 1.49. The van der Waals surface area contributed by atoms with Gasteiger partial charge in [-0.3, -0.25) is 4.90 Å². The van der Waals surface area contributed by atoms with E-state index in [1.54, 1.807) is 7.11 Å². The van der Waals surface area contributed by atoms with E-state index in [2.05, 4.69) is 43.9 Å². The summed E-state index contributed by atoms with van der Waals surface area (Å²) in [4.78, 5) is 2.58. The summed E-state index contributed by atoms with van der Waals surface area (Å²) in [6.45, 7) is 8.47. The fourth-order valence-corrected chi connectivity index (χ4v) is 4.81. The fraction of sp³-hybridized carbons (Fsp3) is 0.696. The number of methoxy groups -OCH3 is 1. The van der Waals surface area contributed by atoms with Crippen LogP contribution in [0.25, 0.3) is 0 Å². The number of nitrogens with zero attached hydrogens (tertiary/aromatic N) is 2. The van der Waals surface area contributed by atoms with Gasteiger partial charge in [-0.05, 0) is 63.3 Å². The van der Waals surface area contributed by atoms with Gasteiger partial charge in [-0.1, -0.05) is 0 Å². The highest BCUT2D eigenvalue weighted by Crippen LogP contribution is 2.43. The van der Waals surface area contributed by atoms with Crippen LogP contribution in [0, 0.1) is 17.2 Å². The van der Waals surface area contributed by atoms with Gasteiger partial charge in [0.2, 0.25) is 0 Å². The maximum atomic E-state index is 8.98. The summed E-state index contributed by atoms with van der Waals surface area (Å²) < 4.78 is 18.1. The molecule has 1 aromatic rings. The van der Waals surface area contributed by atoms with Crippen molar-refractivity contribution in [3.8, 4) is 17.6 Å². The predicted molar refractivity (Wildman–Crippen MR) is 108 cm³/mol. The lowest BCUT2D eigenvalue weighted by atomic mass is 9.83. The molecule has 5 nitrogen and oxygen atoms in total. The van der Waals surface area contributed by atoms with E-state index >= 15 is 0 Å². The van der Waals surface area contributed by atoms with Crippen molar-refractivity contribution in [1.29, 1.82) is 5.26 Å². The first kappa shape index (κ1) is 19.5. The van der Waals surface area contributed by atoms with E-state index in [0.29, 0.717) is 12.1 Å². The summed E-state index contributed by atoms with van der Waals surface area (Å²) in [6, 6.07) is 7.13. The second-order valence-electron chi connectivity index (χ2n) is 9.43. The number of nitriles is 1. The molecule has 1 saturated carbocycles. The Bertz CT molecular complexity index is 758. The molecule has 0 bridgehead atoms. The Hall–Kier alpha value is -1.77. The highest BCUT2D eigenvalue weighted by molar-refractivity contribution is 5.50. The Kier molecular flexibility index (Phi) is 5.28. The number of hydrogen-bond acceptors (Lipinski definition) is 5. The highest BCUT2D eigenvalue weighted by Gasteiger charge is 2.36. The van der Waals surface area contributed by atoms with Gasteiger partial charge < -0.3 is 14.2 Å². The van der Waals surface area contributed by atoms with Crippen molar-refractivity contribution in [3.05, 3.63) is 23.3 Å². The average molecular weight is 385 g/mol. The first-order valence-corrected chi connectivity index (χ1v) is 10.5. The van der Waals surface area contributed by atoms with E-state index in [4.69, 9.17) is 19.5 Å². The third kappa shape index (κ3) is 3.99. The first-order valence-electron chi connectivity index (χ1n) is 10.5. The molecular formula is C23H32N2O3. The average Bonchev–Trinajstić information content (AvgIpc) is 2.61. The van der Waals surface area contributed by atoms with Crippen molar-refractivity contribution in [1.82, 2.24) is 4.90 Å². The molecule has 2 atom stereocenters. The molecule has 0 aromatic heterocycles. The van der Waals surface area contributed by atoms with Crippen molar-refractivity contribution < 1.29 is 14.2 Å². The molecule has 1 saturated heterocycles. The van der Waals surface area contributed by atoms with E-state index in [0.717, 1.165) is 56.7 Å². The van der Waals surface area contributed by atoms with Crippen molar-refractivity contribution in [2.24, 2.45) is 5.92 Å². The summed E-state index contributed by atoms with van der Waals surface area (Å²) >= 11 is 0. The molecule has 2 aliphatic heterocycles. The Labute approximate surface area is 168 Å². The lowest BCUT2D eigenvalue weighted by Gasteiger charge is -2.45. The van der Waals surface area contributed by atoms with Crippen LogP contribution in [-0.2, 0) is 11.2 Å². The fourth-order valence-electron chi connectivity index (χ4n) is 4.81. The molecule has 0 N–H and O–H groups in total. The molecule has 152 valence electrons. The minimum absolute atomic E-state index is 0.0905. The smallest absolute Gasteiger partial charge is 0.161 e. The Morgan fingerprint density at radius 3 is 2.57 bits per heavy atom. The Morgan fingerprint density at radius 1 is 1.11 bits per heavy atom. The minimum Gasteiger partial charge on any atom is -0.493 e. The van der Waals surface area contributed by atoms with Gasteiger partial charge in [0.05, 0.1) is 30.8 Å². The molecule has 0 radical (unpaired) electrons. The molecule has 0 spiro atoms. The van der Waals surface area contributed by atoms with E-state index < -0.39 is 0 Å². The van der Waals surface area contributed by atoms with Crippen LogP contribution >= 0.6 is 0 Å². The van der Waals surface area contributed by atoms with Crippen molar-refractivity contribution in [3.63, 3.8) is 0 Å². The van der Waals surface area contributed by atoms with Gasteiger partial charge in [0.1, 0.15) is 6.10 Å². The molecule has 1 aromatic carbocycles. The van der Waals surface area contributed by atoms with Gasteiger partial charge in [0, 0.05) is 32.0 Å². The summed E-state index contributed by atoms with van der Waals surface area (Å²) in [6.07, 6.45) is 5.33. The molecule has 1 aliphatic carbocycles. The minimum atomic E-state index is -0.0905. The normalized spacial score (nSPS) is 29.8. The van der Waals surface area contributed by atoms with Gasteiger partial charge in [0.25, 0.3) is 0 Å². The van der Waals surface area contributed by atoms with Gasteiger partial charge in [-0.25, -0.2) is 0 Å². The molecular weight excluding hydrogens is 352 g/mol. The molecule has 3 aliphatic rings. The van der Waals surface area contributed by atoms with E-state index in [1.165, 1.54) is 11.1 Å². The zero-order valence-electron chi connectivity index (χ0n) is 17.5. The third-order valence-electron chi connectivity index (χ3n) is 6.19. The predicted octanol–water partition coefficient (Wildman–Crippen LogP) is 4.25. The highest BCUT2D eigenvalue weighted by atomic mass is 16.5. The summed E-state index contributed by atoms with van der Waals surface area (Å²) in [5, 5.41) is 8.98. The summed E-state index contributed by atoms with van der Waals surface area (Å²) in [5.74, 6) is 1.79. The van der Waals surface area contributed by atoms with Gasteiger partial charge in [-0.2, -0.15) is 5.26 Å². The third-order valence-corrected chi connectivity index (χ3v) is 6.19. The van der Waals surface area contributed by atoms with E-state index in [9.17, 15) is 0 Å². The van der Waals surface area contributed by atoms with Crippen molar-refractivity contribution in [2.75, 3.05) is 20.2 Å². The molecule has 28 heavy (non-hydrogen) atoms. The number of ether oxygens (including phenoxy) is 3. The summed E-state index contributed by atoms with van der Waals surface area (Å²) in [7, 11) is 1.71. The van der Waals surface area contributed by atoms with Crippen LogP contribution in [0.4, 0.5) is 0 Å². The maximum Gasteiger partial charge on any atom is 0.161 e. The zero-order chi connectivity index (χ0) is 19.9. The molecule has 2 unspecified atom stereocenters. The van der Waals surface area contributed by atoms with Crippen LogP contribution in [-0.4, -0.2) is 42.9 Å². The molecule has 5 heteroatoms. The molecule has 2 fully saturated rings. The zero-order valence-corrected chi connectivity index (χ0v) is 17.5. The number of hydrogen-bond donors (Lipinski definition) is 0. The van der Waals surface area contributed by atoms with Crippen LogP contribution in [0.3, 0.4) is 0 Å². The lowest BCUT2D eigenvalue weighted by molar-refractivity contribution is -0.0971. The lowest BCUT2D eigenvalue weighted by Crippen LogP contribution is -2.47. The largest absolute Gasteiger partial charge is 0.493 e. The van der Waals surface area contributed by atoms with E-state index in [-0.39, 0.29) is 17.6 Å². The standard InChI is InChI=1S/C23H32N2O3/c1-23(2,3)28-17-5-6-20-19-12-21(26-4)22(27-18-9-15(10-18)13-24)11-16(19)7-8-25(20)14-17/h11-12,15,17-18,20H,5-10,14H2,1-4H3. The second kappa shape index (κ2) is 7.57. The van der Waals surface area contributed by atoms with Gasteiger partial charge in [0.15, 0.2) is 11.5 Å². The van der Waals surface area contributed by atoms with Crippen molar-refractivity contribution >= 4 is 0 Å². The first-order chi connectivity index (χ1) is 13.4. The quantitative estimate of drug-likeness (QED) is 0.777.